The summed E-state index contributed by atoms with van der Waals surface area (Å²) in [5, 5.41) is 6.49. The van der Waals surface area contributed by atoms with Crippen molar-refractivity contribution in [2.75, 3.05) is 0 Å². The van der Waals surface area contributed by atoms with Crippen LogP contribution in [0.1, 0.15) is 198 Å². The summed E-state index contributed by atoms with van der Waals surface area (Å²) in [7, 11) is 0. The molecule has 14 heteroatoms. The second-order valence-electron chi connectivity index (χ2n) is 20.8. The van der Waals surface area contributed by atoms with Crippen molar-refractivity contribution in [1.82, 2.24) is 20.6 Å². The topological polar surface area (TPSA) is 192 Å². The molecule has 4 amide bonds. The minimum atomic E-state index is -1.66. The molecule has 0 saturated carbocycles. The molecular formula is C58H64N4O8S2. The molecule has 4 atom stereocenters. The predicted molar refractivity (Wildman–Crippen MR) is 286 cm³/mol. The first-order chi connectivity index (χ1) is 34.8. The molecule has 0 fully saturated rings. The largest absolute Gasteiger partial charge is 0.294 e. The van der Waals surface area contributed by atoms with E-state index in [1.807, 2.05) is 24.3 Å². The number of thiophene rings is 2. The lowest BCUT2D eigenvalue weighted by atomic mass is 9.65. The van der Waals surface area contributed by atoms with Crippen molar-refractivity contribution in [2.45, 2.75) is 179 Å². The Balaban J connectivity index is 1.20. The number of carbonyl (C=O) groups excluding carboxylic acids is 4. The predicted octanol–water partition coefficient (Wildman–Crippen LogP) is 10.4. The van der Waals surface area contributed by atoms with Gasteiger partial charge in [0.25, 0.3) is 22.2 Å². The summed E-state index contributed by atoms with van der Waals surface area (Å²) in [5.41, 5.74) is -1.22. The van der Waals surface area contributed by atoms with Crippen LogP contribution < -0.4 is 32.9 Å². The van der Waals surface area contributed by atoms with Gasteiger partial charge < -0.3 is 0 Å². The molecule has 6 aromatic heterocycles. The highest BCUT2D eigenvalue weighted by Gasteiger charge is 2.57. The molecule has 4 N–H and O–H groups in total. The third-order valence-corrected chi connectivity index (χ3v) is 18.7. The van der Waals surface area contributed by atoms with Gasteiger partial charge in [-0.05, 0) is 109 Å². The number of benzene rings is 2. The van der Waals surface area contributed by atoms with Gasteiger partial charge in [0.05, 0.1) is 11.8 Å². The Kier molecular flexibility index (Phi) is 13.7. The average Bonchev–Trinajstić information content (AvgIpc) is 3.68. The Morgan fingerprint density at radius 3 is 1.17 bits per heavy atom. The number of hydrogen-bond acceptors (Lipinski definition) is 10. The molecule has 12 nitrogen and oxygen atoms in total. The lowest BCUT2D eigenvalue weighted by Crippen LogP contribution is -2.44. The van der Waals surface area contributed by atoms with E-state index in [0.29, 0.717) is 89.0 Å². The number of rotatable bonds is 22. The summed E-state index contributed by atoms with van der Waals surface area (Å²) in [4.78, 5) is 123. The van der Waals surface area contributed by atoms with Gasteiger partial charge in [-0.15, -0.1) is 22.7 Å². The number of aromatic amines is 2. The molecule has 10 heterocycles. The molecule has 72 heavy (non-hydrogen) atoms. The lowest BCUT2D eigenvalue weighted by Gasteiger charge is -2.36. The summed E-state index contributed by atoms with van der Waals surface area (Å²) in [6.07, 6.45) is 20.9. The Labute approximate surface area is 425 Å². The smallest absolute Gasteiger partial charge is 0.258 e. The monoisotopic (exact) mass is 1010 g/mol. The van der Waals surface area contributed by atoms with Crippen LogP contribution in [0.25, 0.3) is 30.9 Å². The van der Waals surface area contributed by atoms with Crippen molar-refractivity contribution < 1.29 is 19.2 Å². The zero-order chi connectivity index (χ0) is 50.6. The van der Waals surface area contributed by atoms with Crippen LogP contribution in [0.4, 0.5) is 0 Å². The average molecular weight is 1010 g/mol. The number of carbonyl (C=O) groups is 4. The molecule has 2 aliphatic carbocycles. The minimum absolute atomic E-state index is 0.203. The molecule has 4 aliphatic heterocycles. The highest BCUT2D eigenvalue weighted by atomic mass is 32.1. The maximum atomic E-state index is 15.2. The van der Waals surface area contributed by atoms with Crippen LogP contribution in [0.3, 0.4) is 0 Å². The van der Waals surface area contributed by atoms with Crippen LogP contribution >= 0.6 is 22.7 Å². The number of hydrogen-bond donors (Lipinski definition) is 4. The molecule has 4 unspecified atom stereocenters. The molecule has 8 bridgehead atoms. The number of aryl methyl sites for hydroxylation is 2. The maximum absolute atomic E-state index is 15.2. The lowest BCUT2D eigenvalue weighted by molar-refractivity contribution is -0.133. The molecule has 0 spiro atoms. The van der Waals surface area contributed by atoms with Gasteiger partial charge in [0.2, 0.25) is 23.6 Å². The zero-order valence-electron chi connectivity index (χ0n) is 41.8. The normalized spacial score (nSPS) is 21.3. The number of imide groups is 2. The van der Waals surface area contributed by atoms with Gasteiger partial charge >= 0.3 is 0 Å². The van der Waals surface area contributed by atoms with Gasteiger partial charge in [0.1, 0.15) is 10.8 Å². The number of amides is 4. The van der Waals surface area contributed by atoms with Crippen molar-refractivity contribution in [3.8, 4) is 0 Å². The van der Waals surface area contributed by atoms with Crippen molar-refractivity contribution in [3.63, 3.8) is 0 Å². The van der Waals surface area contributed by atoms with Gasteiger partial charge in [0.15, 0.2) is 0 Å². The quantitative estimate of drug-likeness (QED) is 0.0293. The third-order valence-electron chi connectivity index (χ3n) is 16.1. The molecule has 0 radical (unpaired) electrons. The van der Waals surface area contributed by atoms with Crippen LogP contribution in [-0.2, 0) is 42.8 Å². The molecule has 14 rings (SSSR count). The summed E-state index contributed by atoms with van der Waals surface area (Å²) in [6.45, 7) is 8.52. The second kappa shape index (κ2) is 19.9. The highest BCUT2D eigenvalue weighted by molar-refractivity contribution is 7.28. The molecule has 0 saturated heterocycles. The molecule has 376 valence electrons. The standard InChI is InChI=1S/C58H64N4O8S2/c1-5-9-13-17-21-31-25-35-47-45(41(31)51(65)59-49(35)63)43-33(23-19-15-11-7-3)29-57(47,55(69)61-53(43)67)39-27-37-38(71-39)28-40(72-37)58-30-34(24-20-16-12-8-4)44(54(68)62-56(58)70)46-42-32(22-18-14-10-6-2)26-36(48(46)58)50(64)60-52(42)66/h25-30,43-44H,5-24H2,1-4H3,(H,59,63,65)(H,60,64,66)(H,61,67,69)(H,62,68,70). The van der Waals surface area contributed by atoms with Crippen molar-refractivity contribution in [3.05, 3.63) is 132 Å². The van der Waals surface area contributed by atoms with E-state index in [-0.39, 0.29) is 10.8 Å². The van der Waals surface area contributed by atoms with Crippen LogP contribution in [-0.4, -0.2) is 33.6 Å². The Bertz CT molecular complexity index is 3230. The fraction of sp³-hybridized carbons (Fsp3) is 0.483. The number of aromatic nitrogens is 2. The number of fused-ring (bicyclic) bond motifs is 11. The SMILES string of the molecule is CCCCCCC1=CC2(c3cc4sc(C56C=C(CCCCCC)C(C(=O)NC5=O)c5c6c6cc(CCCCCC)c5c(=O)[nH]c6=O)cc4s3)C(=O)NC(=O)C1c1c2c2cc(CCCCCC)c1c(=O)[nH]c2=O. The van der Waals surface area contributed by atoms with E-state index in [1.54, 1.807) is 12.1 Å². The number of unbranched alkanes of at least 4 members (excludes halogenated alkanes) is 12. The molecular weight excluding hydrogens is 945 g/mol. The van der Waals surface area contributed by atoms with Crippen molar-refractivity contribution in [1.29, 1.82) is 0 Å². The minimum Gasteiger partial charge on any atom is -0.294 e. The maximum Gasteiger partial charge on any atom is 0.258 e. The van der Waals surface area contributed by atoms with Crippen LogP contribution in [0, 0.1) is 0 Å². The van der Waals surface area contributed by atoms with Crippen LogP contribution in [0.2, 0.25) is 0 Å². The van der Waals surface area contributed by atoms with Crippen molar-refractivity contribution in [2.24, 2.45) is 0 Å². The van der Waals surface area contributed by atoms with Crippen molar-refractivity contribution >= 4 is 77.2 Å². The van der Waals surface area contributed by atoms with E-state index < -0.39 is 68.5 Å². The second-order valence-corrected chi connectivity index (χ2v) is 23.0. The van der Waals surface area contributed by atoms with E-state index >= 15 is 9.59 Å². The molecule has 8 aromatic rings. The summed E-state index contributed by atoms with van der Waals surface area (Å²) < 4.78 is 1.41. The van der Waals surface area contributed by atoms with E-state index in [9.17, 15) is 28.8 Å². The van der Waals surface area contributed by atoms with E-state index in [4.69, 9.17) is 0 Å². The van der Waals surface area contributed by atoms with Gasteiger partial charge in [-0.1, -0.05) is 128 Å². The Morgan fingerprint density at radius 2 is 0.806 bits per heavy atom. The zero-order valence-corrected chi connectivity index (χ0v) is 43.5. The highest BCUT2D eigenvalue weighted by Crippen LogP contribution is 2.58. The summed E-state index contributed by atoms with van der Waals surface area (Å²) in [6, 6.07) is 7.34. The van der Waals surface area contributed by atoms with Gasteiger partial charge in [-0.2, -0.15) is 0 Å². The number of H-pyrrole nitrogens is 2. The van der Waals surface area contributed by atoms with E-state index in [0.717, 1.165) is 114 Å². The van der Waals surface area contributed by atoms with Gasteiger partial charge in [-0.3, -0.25) is 59.0 Å². The fourth-order valence-electron chi connectivity index (χ4n) is 12.7. The summed E-state index contributed by atoms with van der Waals surface area (Å²) >= 11 is 2.63. The fourth-order valence-corrected chi connectivity index (χ4v) is 15.5. The molecule has 6 aliphatic rings. The van der Waals surface area contributed by atoms with E-state index in [1.165, 1.54) is 22.7 Å². The Morgan fingerprint density at radius 1 is 0.444 bits per heavy atom. The first-order valence-electron chi connectivity index (χ1n) is 26.6. The first-order valence-corrected chi connectivity index (χ1v) is 28.3. The summed E-state index contributed by atoms with van der Waals surface area (Å²) in [5.74, 6) is -4.10. The van der Waals surface area contributed by atoms with E-state index in [2.05, 4.69) is 48.3 Å². The van der Waals surface area contributed by atoms with Crippen LogP contribution in [0.5, 0.6) is 0 Å². The Hall–Kier alpha value is -5.86. The molecule has 2 aromatic carbocycles. The number of nitrogens with one attached hydrogen (secondary N) is 4. The third kappa shape index (κ3) is 7.88. The first kappa shape index (κ1) is 49.7. The van der Waals surface area contributed by atoms with Crippen LogP contribution in [0.15, 0.2) is 66.7 Å². The van der Waals surface area contributed by atoms with Gasteiger partial charge in [-0.25, -0.2) is 0 Å². The van der Waals surface area contributed by atoms with Gasteiger partial charge in [0, 0.05) is 40.7 Å².